The van der Waals surface area contributed by atoms with Gasteiger partial charge < -0.3 is 13.7 Å². The molecule has 0 saturated carbocycles. The van der Waals surface area contributed by atoms with Crippen LogP contribution in [0.1, 0.15) is 0 Å². The zero-order valence-electron chi connectivity index (χ0n) is 31.2. The summed E-state index contributed by atoms with van der Waals surface area (Å²) < 4.78 is 15.4. The third-order valence-electron chi connectivity index (χ3n) is 11.5. The van der Waals surface area contributed by atoms with Gasteiger partial charge in [-0.1, -0.05) is 133 Å². The van der Waals surface area contributed by atoms with Crippen molar-refractivity contribution in [2.75, 3.05) is 4.90 Å². The number of hydrogen-bond acceptors (Lipinski definition) is 4. The van der Waals surface area contributed by atoms with Crippen molar-refractivity contribution >= 4 is 92.4 Å². The largest absolute Gasteiger partial charge is 0.456 e. The summed E-state index contributed by atoms with van der Waals surface area (Å²) in [5.41, 5.74) is 13.8. The molecule has 0 unspecified atom stereocenters. The predicted molar refractivity (Wildman–Crippen MR) is 245 cm³/mol. The van der Waals surface area contributed by atoms with Crippen molar-refractivity contribution in [1.29, 1.82) is 0 Å². The average Bonchev–Trinajstić information content (AvgIpc) is 3.98. The number of nitrogens with zero attached hydrogens (tertiary/aromatic N) is 1. The highest BCUT2D eigenvalue weighted by atomic mass is 32.1. The van der Waals surface area contributed by atoms with E-state index in [0.29, 0.717) is 0 Å². The van der Waals surface area contributed by atoms with Gasteiger partial charge in [-0.3, -0.25) is 0 Å². The van der Waals surface area contributed by atoms with E-state index in [-0.39, 0.29) is 0 Å². The van der Waals surface area contributed by atoms with Crippen molar-refractivity contribution < 1.29 is 8.83 Å². The Bertz CT molecular complexity index is 3500. The lowest BCUT2D eigenvalue weighted by Gasteiger charge is -2.26. The zero-order chi connectivity index (χ0) is 38.2. The molecular weight excluding hydrogens is 727 g/mol. The van der Waals surface area contributed by atoms with Crippen LogP contribution in [0.15, 0.2) is 209 Å². The Labute approximate surface area is 338 Å². The topological polar surface area (TPSA) is 29.5 Å². The van der Waals surface area contributed by atoms with E-state index >= 15 is 0 Å². The molecule has 272 valence electrons. The third-order valence-corrected chi connectivity index (χ3v) is 12.7. The third kappa shape index (κ3) is 5.27. The average molecular weight is 760 g/mol. The van der Waals surface area contributed by atoms with Crippen LogP contribution < -0.4 is 4.90 Å². The molecule has 0 fully saturated rings. The van der Waals surface area contributed by atoms with Gasteiger partial charge in [0.2, 0.25) is 0 Å². The molecule has 0 spiro atoms. The van der Waals surface area contributed by atoms with Gasteiger partial charge in [0.15, 0.2) is 0 Å². The minimum atomic E-state index is 0.880. The molecule has 12 rings (SSSR count). The van der Waals surface area contributed by atoms with Crippen molar-refractivity contribution in [3.05, 3.63) is 200 Å². The lowest BCUT2D eigenvalue weighted by Crippen LogP contribution is -2.09. The van der Waals surface area contributed by atoms with Crippen molar-refractivity contribution in [3.8, 4) is 33.4 Å². The second kappa shape index (κ2) is 13.1. The Hall–Kier alpha value is -7.40. The first-order chi connectivity index (χ1) is 28.7. The molecule has 12 aromatic rings. The molecule has 0 aliphatic heterocycles. The number of benzene rings is 9. The van der Waals surface area contributed by atoms with Crippen LogP contribution >= 0.6 is 11.3 Å². The maximum Gasteiger partial charge on any atom is 0.143 e. The van der Waals surface area contributed by atoms with E-state index in [9.17, 15) is 0 Å². The normalized spacial score (nSPS) is 11.8. The Kier molecular flexibility index (Phi) is 7.40. The van der Waals surface area contributed by atoms with Crippen molar-refractivity contribution in [3.63, 3.8) is 0 Å². The van der Waals surface area contributed by atoms with Gasteiger partial charge in [0.05, 0.1) is 0 Å². The number of fused-ring (bicyclic) bond motifs is 9. The Balaban J connectivity index is 0.952. The second-order valence-electron chi connectivity index (χ2n) is 14.8. The number of rotatable bonds is 6. The van der Waals surface area contributed by atoms with E-state index in [1.54, 1.807) is 0 Å². The van der Waals surface area contributed by atoms with Crippen LogP contribution in [0, 0.1) is 0 Å². The molecule has 3 nitrogen and oxygen atoms in total. The maximum absolute atomic E-state index is 6.49. The van der Waals surface area contributed by atoms with E-state index < -0.39 is 0 Å². The summed E-state index contributed by atoms with van der Waals surface area (Å²) in [6.07, 6.45) is 0. The molecule has 0 bridgehead atoms. The highest BCUT2D eigenvalue weighted by molar-refractivity contribution is 7.26. The summed E-state index contributed by atoms with van der Waals surface area (Å²) in [4.78, 5) is 2.34. The second-order valence-corrected chi connectivity index (χ2v) is 15.9. The summed E-state index contributed by atoms with van der Waals surface area (Å²) in [6, 6.07) is 71.4. The van der Waals surface area contributed by atoms with Crippen molar-refractivity contribution in [2.45, 2.75) is 0 Å². The van der Waals surface area contributed by atoms with Crippen LogP contribution in [-0.4, -0.2) is 0 Å². The predicted octanol–water partition coefficient (Wildman–Crippen LogP) is 16.3. The van der Waals surface area contributed by atoms with Gasteiger partial charge in [0.25, 0.3) is 0 Å². The minimum absolute atomic E-state index is 0.880. The van der Waals surface area contributed by atoms with Gasteiger partial charge in [0, 0.05) is 64.3 Å². The number of para-hydroxylation sites is 2. The molecule has 9 aromatic carbocycles. The summed E-state index contributed by atoms with van der Waals surface area (Å²) in [5.74, 6) is 0. The molecule has 0 N–H and O–H groups in total. The fourth-order valence-electron chi connectivity index (χ4n) is 8.69. The fourth-order valence-corrected chi connectivity index (χ4v) is 9.93. The van der Waals surface area contributed by atoms with Gasteiger partial charge in [-0.05, 0) is 94.5 Å². The Morgan fingerprint density at radius 2 is 0.897 bits per heavy atom. The highest BCUT2D eigenvalue weighted by Gasteiger charge is 2.18. The molecule has 0 aliphatic rings. The van der Waals surface area contributed by atoms with Crippen molar-refractivity contribution in [1.82, 2.24) is 0 Å². The summed E-state index contributed by atoms with van der Waals surface area (Å²) in [6.45, 7) is 0. The molecule has 4 heteroatoms. The highest BCUT2D eigenvalue weighted by Crippen LogP contribution is 2.43. The smallest absolute Gasteiger partial charge is 0.143 e. The van der Waals surface area contributed by atoms with Crippen LogP contribution in [-0.2, 0) is 0 Å². The number of hydrogen-bond donors (Lipinski definition) is 0. The molecule has 0 aliphatic carbocycles. The first-order valence-corrected chi connectivity index (χ1v) is 20.4. The van der Waals surface area contributed by atoms with Gasteiger partial charge in [-0.2, -0.15) is 0 Å². The number of anilines is 3. The van der Waals surface area contributed by atoms with Gasteiger partial charge in [-0.25, -0.2) is 0 Å². The fraction of sp³-hybridized carbons (Fsp3) is 0. The molecule has 58 heavy (non-hydrogen) atoms. The summed E-state index contributed by atoms with van der Waals surface area (Å²) >= 11 is 1.87. The Morgan fingerprint density at radius 1 is 0.328 bits per heavy atom. The maximum atomic E-state index is 6.49. The van der Waals surface area contributed by atoms with E-state index in [0.717, 1.165) is 83.2 Å². The van der Waals surface area contributed by atoms with Crippen LogP contribution in [0.4, 0.5) is 17.1 Å². The number of furan rings is 2. The lowest BCUT2D eigenvalue weighted by atomic mass is 10.00. The van der Waals surface area contributed by atoms with Gasteiger partial charge >= 0.3 is 0 Å². The molecule has 0 amide bonds. The van der Waals surface area contributed by atoms with Crippen LogP contribution in [0.3, 0.4) is 0 Å². The van der Waals surface area contributed by atoms with E-state index in [1.807, 2.05) is 29.5 Å². The summed E-state index contributed by atoms with van der Waals surface area (Å²) in [5, 5.41) is 7.06. The van der Waals surface area contributed by atoms with E-state index in [4.69, 9.17) is 8.83 Å². The lowest BCUT2D eigenvalue weighted by molar-refractivity contribution is 0.669. The first-order valence-electron chi connectivity index (χ1n) is 19.6. The van der Waals surface area contributed by atoms with E-state index in [2.05, 4.69) is 187 Å². The molecular formula is C54H33NO2S. The van der Waals surface area contributed by atoms with Crippen LogP contribution in [0.25, 0.3) is 97.4 Å². The molecule has 0 atom stereocenters. The van der Waals surface area contributed by atoms with E-state index in [1.165, 1.54) is 31.3 Å². The minimum Gasteiger partial charge on any atom is -0.456 e. The zero-order valence-corrected chi connectivity index (χ0v) is 32.0. The molecule has 3 aromatic heterocycles. The standard InChI is InChI=1S/C54H33NO2S/c1-2-10-35(11-3-1)41-14-8-16-45-47-32-37(24-30-51(47)57-53(41)45)34-20-25-38(26-21-34)55(40-29-31-50-48(33-40)43-12-4-6-18-49(43)56-50)39-27-22-36(23-28-39)42-15-9-17-46-44-13-5-7-19-52(44)58-54(42)46/h1-33H. The quantitative estimate of drug-likeness (QED) is 0.169. The number of thiophene rings is 1. The Morgan fingerprint density at radius 3 is 1.72 bits per heavy atom. The molecule has 0 saturated heterocycles. The summed E-state index contributed by atoms with van der Waals surface area (Å²) in [7, 11) is 0. The van der Waals surface area contributed by atoms with Crippen molar-refractivity contribution in [2.24, 2.45) is 0 Å². The SMILES string of the molecule is c1ccc(-c2cccc3c2oc2ccc(-c4ccc(N(c5ccc(-c6cccc7c6sc6ccccc67)cc5)c5ccc6oc7ccccc7c6c5)cc4)cc23)cc1. The molecule has 0 radical (unpaired) electrons. The van der Waals surface area contributed by atoms with Crippen LogP contribution in [0.2, 0.25) is 0 Å². The van der Waals surface area contributed by atoms with Gasteiger partial charge in [0.1, 0.15) is 22.3 Å². The first kappa shape index (κ1) is 32.8. The molecule has 3 heterocycles. The van der Waals surface area contributed by atoms with Crippen LogP contribution in [0.5, 0.6) is 0 Å². The monoisotopic (exact) mass is 759 g/mol. The van der Waals surface area contributed by atoms with Gasteiger partial charge in [-0.15, -0.1) is 11.3 Å².